The average Bonchev–Trinajstić information content (AvgIpc) is 2.30. The van der Waals surface area contributed by atoms with E-state index in [1.54, 1.807) is 6.20 Å². The Kier molecular flexibility index (Phi) is 2.74. The average molecular weight is 190 g/mol. The van der Waals surface area contributed by atoms with Crippen LogP contribution in [0.2, 0.25) is 0 Å². The molecule has 0 bridgehead atoms. The first kappa shape index (κ1) is 9.15. The summed E-state index contributed by atoms with van der Waals surface area (Å²) in [6, 6.07) is 5.66. The number of amidine groups is 1. The van der Waals surface area contributed by atoms with Gasteiger partial charge in [0, 0.05) is 32.4 Å². The van der Waals surface area contributed by atoms with Crippen LogP contribution in [0, 0.1) is 5.41 Å². The largest absolute Gasteiger partial charge is 0.353 e. The molecule has 1 aliphatic rings. The van der Waals surface area contributed by atoms with Gasteiger partial charge >= 0.3 is 0 Å². The Hall–Kier alpha value is -1.42. The number of piperazine rings is 1. The zero-order valence-electron chi connectivity index (χ0n) is 8.03. The maximum Gasteiger partial charge on any atom is 0.147 e. The molecule has 1 saturated heterocycles. The predicted molar refractivity (Wildman–Crippen MR) is 55.5 cm³/mol. The molecule has 0 aliphatic carbocycles. The molecule has 0 saturated carbocycles. The normalized spacial score (nSPS) is 16.7. The molecule has 2 N–H and O–H groups in total. The highest BCUT2D eigenvalue weighted by atomic mass is 15.2. The summed E-state index contributed by atoms with van der Waals surface area (Å²) in [5.41, 5.74) is 0.759. The molecule has 1 aromatic heterocycles. The Morgan fingerprint density at radius 1 is 1.36 bits per heavy atom. The highest BCUT2D eigenvalue weighted by Crippen LogP contribution is 2.01. The number of hydrogen-bond donors (Lipinski definition) is 2. The van der Waals surface area contributed by atoms with E-state index in [9.17, 15) is 0 Å². The first-order valence-corrected chi connectivity index (χ1v) is 4.83. The fourth-order valence-electron chi connectivity index (χ4n) is 1.55. The molecule has 0 amide bonds. The summed E-state index contributed by atoms with van der Waals surface area (Å²) in [4.78, 5) is 6.22. The Bertz CT molecular complexity index is 303. The van der Waals surface area contributed by atoms with Crippen LogP contribution < -0.4 is 5.32 Å². The highest BCUT2D eigenvalue weighted by molar-refractivity contribution is 5.94. The first-order valence-electron chi connectivity index (χ1n) is 4.83. The summed E-state index contributed by atoms with van der Waals surface area (Å²) in [7, 11) is 0. The fourth-order valence-corrected chi connectivity index (χ4v) is 1.55. The van der Waals surface area contributed by atoms with Gasteiger partial charge in [0.05, 0.1) is 0 Å². The predicted octanol–water partition coefficient (Wildman–Crippen LogP) is 0.312. The molecule has 4 heteroatoms. The molecule has 1 aliphatic heterocycles. The van der Waals surface area contributed by atoms with Crippen LogP contribution in [0.4, 0.5) is 0 Å². The molecule has 0 unspecified atom stereocenters. The van der Waals surface area contributed by atoms with E-state index in [-0.39, 0.29) is 0 Å². The van der Waals surface area contributed by atoms with Gasteiger partial charge in [-0.05, 0) is 12.1 Å². The monoisotopic (exact) mass is 190 g/mol. The topological polar surface area (TPSA) is 52.0 Å². The lowest BCUT2D eigenvalue weighted by atomic mass is 10.2. The quantitative estimate of drug-likeness (QED) is 0.495. The van der Waals surface area contributed by atoms with Gasteiger partial charge in [0.2, 0.25) is 0 Å². The zero-order chi connectivity index (χ0) is 9.80. The zero-order valence-corrected chi connectivity index (χ0v) is 8.03. The van der Waals surface area contributed by atoms with Gasteiger partial charge < -0.3 is 10.2 Å². The second-order valence-electron chi connectivity index (χ2n) is 3.30. The van der Waals surface area contributed by atoms with Crippen molar-refractivity contribution in [3.05, 3.63) is 30.1 Å². The van der Waals surface area contributed by atoms with Gasteiger partial charge in [-0.1, -0.05) is 6.07 Å². The van der Waals surface area contributed by atoms with Gasteiger partial charge in [0.25, 0.3) is 0 Å². The molecule has 0 aromatic carbocycles. The van der Waals surface area contributed by atoms with Crippen LogP contribution in [-0.2, 0) is 0 Å². The lowest BCUT2D eigenvalue weighted by molar-refractivity contribution is 0.355. The van der Waals surface area contributed by atoms with Gasteiger partial charge in [0.1, 0.15) is 11.5 Å². The molecular formula is C10H14N4. The number of nitrogens with one attached hydrogen (secondary N) is 2. The third-order valence-corrected chi connectivity index (χ3v) is 2.34. The minimum absolute atomic E-state index is 0.534. The lowest BCUT2D eigenvalue weighted by Crippen LogP contribution is -2.46. The van der Waals surface area contributed by atoms with Crippen molar-refractivity contribution in [1.29, 1.82) is 5.41 Å². The standard InChI is InChI=1S/C10H14N4/c11-10(9-3-1-2-4-13-9)14-7-5-12-6-8-14/h1-4,11-12H,5-8H2. The first-order chi connectivity index (χ1) is 6.88. The Morgan fingerprint density at radius 2 is 2.14 bits per heavy atom. The van der Waals surface area contributed by atoms with E-state index in [2.05, 4.69) is 15.2 Å². The van der Waals surface area contributed by atoms with E-state index >= 15 is 0 Å². The van der Waals surface area contributed by atoms with Crippen LogP contribution >= 0.6 is 0 Å². The number of nitrogens with zero attached hydrogens (tertiary/aromatic N) is 2. The van der Waals surface area contributed by atoms with Crippen LogP contribution in [0.25, 0.3) is 0 Å². The van der Waals surface area contributed by atoms with Crippen molar-refractivity contribution in [1.82, 2.24) is 15.2 Å². The smallest absolute Gasteiger partial charge is 0.147 e. The second-order valence-corrected chi connectivity index (χ2v) is 3.30. The molecule has 14 heavy (non-hydrogen) atoms. The highest BCUT2D eigenvalue weighted by Gasteiger charge is 2.14. The minimum atomic E-state index is 0.534. The SMILES string of the molecule is N=C(c1ccccn1)N1CCNCC1. The number of rotatable bonds is 1. The number of aromatic nitrogens is 1. The van der Waals surface area contributed by atoms with Crippen molar-refractivity contribution in [3.63, 3.8) is 0 Å². The van der Waals surface area contributed by atoms with E-state index in [0.29, 0.717) is 5.84 Å². The molecule has 2 rings (SSSR count). The molecule has 1 fully saturated rings. The van der Waals surface area contributed by atoms with Crippen LogP contribution in [0.15, 0.2) is 24.4 Å². The third kappa shape index (κ3) is 1.90. The van der Waals surface area contributed by atoms with Crippen molar-refractivity contribution in [3.8, 4) is 0 Å². The molecule has 0 spiro atoms. The number of pyridine rings is 1. The lowest BCUT2D eigenvalue weighted by Gasteiger charge is -2.29. The molecule has 1 aromatic rings. The van der Waals surface area contributed by atoms with Gasteiger partial charge in [0.15, 0.2) is 0 Å². The van der Waals surface area contributed by atoms with Crippen molar-refractivity contribution in [2.75, 3.05) is 26.2 Å². The maximum atomic E-state index is 7.96. The Balaban J connectivity index is 2.07. The van der Waals surface area contributed by atoms with Gasteiger partial charge in [-0.3, -0.25) is 10.4 Å². The second kappa shape index (κ2) is 4.19. The summed E-state index contributed by atoms with van der Waals surface area (Å²) in [6.07, 6.45) is 1.73. The molecule has 0 atom stereocenters. The maximum absolute atomic E-state index is 7.96. The van der Waals surface area contributed by atoms with Crippen molar-refractivity contribution in [2.45, 2.75) is 0 Å². The Labute approximate surface area is 83.5 Å². The fraction of sp³-hybridized carbons (Fsp3) is 0.400. The van der Waals surface area contributed by atoms with Crippen LogP contribution in [0.5, 0.6) is 0 Å². The van der Waals surface area contributed by atoms with Gasteiger partial charge in [-0.25, -0.2) is 0 Å². The van der Waals surface area contributed by atoms with Gasteiger partial charge in [-0.15, -0.1) is 0 Å². The minimum Gasteiger partial charge on any atom is -0.353 e. The van der Waals surface area contributed by atoms with E-state index in [1.807, 2.05) is 18.2 Å². The summed E-state index contributed by atoms with van der Waals surface area (Å²) in [6.45, 7) is 3.70. The Morgan fingerprint density at radius 3 is 2.79 bits per heavy atom. The van der Waals surface area contributed by atoms with E-state index < -0.39 is 0 Å². The van der Waals surface area contributed by atoms with E-state index in [4.69, 9.17) is 5.41 Å². The van der Waals surface area contributed by atoms with Crippen molar-refractivity contribution >= 4 is 5.84 Å². The van der Waals surface area contributed by atoms with Crippen molar-refractivity contribution < 1.29 is 0 Å². The summed E-state index contributed by atoms with van der Waals surface area (Å²) in [5.74, 6) is 0.534. The molecule has 4 nitrogen and oxygen atoms in total. The van der Waals surface area contributed by atoms with Crippen LogP contribution in [0.3, 0.4) is 0 Å². The molecule has 0 radical (unpaired) electrons. The van der Waals surface area contributed by atoms with Crippen LogP contribution in [0.1, 0.15) is 5.69 Å². The van der Waals surface area contributed by atoms with Gasteiger partial charge in [-0.2, -0.15) is 0 Å². The third-order valence-electron chi connectivity index (χ3n) is 2.34. The van der Waals surface area contributed by atoms with Crippen LogP contribution in [-0.4, -0.2) is 41.9 Å². The molecule has 74 valence electrons. The number of hydrogen-bond acceptors (Lipinski definition) is 3. The van der Waals surface area contributed by atoms with Crippen molar-refractivity contribution in [2.24, 2.45) is 0 Å². The van der Waals surface area contributed by atoms with E-state index in [0.717, 1.165) is 31.9 Å². The van der Waals surface area contributed by atoms with E-state index in [1.165, 1.54) is 0 Å². The summed E-state index contributed by atoms with van der Waals surface area (Å²) in [5, 5.41) is 11.2. The summed E-state index contributed by atoms with van der Waals surface area (Å²) < 4.78 is 0. The molecular weight excluding hydrogens is 176 g/mol. The molecule has 2 heterocycles. The summed E-state index contributed by atoms with van der Waals surface area (Å²) >= 11 is 0.